The molecule has 1 aliphatic carbocycles. The van der Waals surface area contributed by atoms with Gasteiger partial charge in [0.25, 0.3) is 0 Å². The van der Waals surface area contributed by atoms with Gasteiger partial charge in [-0.05, 0) is 24.3 Å². The SMILES string of the molecule is N#CC1(c2ncccc2-c2ccc(N3C[C@@H](Cc4cn[nH]n4)OC3=O)cc2F)C2CNCC21. The summed E-state index contributed by atoms with van der Waals surface area (Å²) in [5.41, 5.74) is 2.03. The molecule has 2 aromatic heterocycles. The van der Waals surface area contributed by atoms with Crippen LogP contribution in [0.15, 0.2) is 42.7 Å². The number of piperidine rings is 1. The smallest absolute Gasteiger partial charge is 0.414 e. The number of fused-ring (bicyclic) bond motifs is 1. The third kappa shape index (κ3) is 3.00. The lowest BCUT2D eigenvalue weighted by Gasteiger charge is -2.18. The van der Waals surface area contributed by atoms with Crippen LogP contribution >= 0.6 is 0 Å². The Hall–Kier alpha value is -3.84. The molecule has 9 nitrogen and oxygen atoms in total. The fraction of sp³-hybridized carbons (Fsp3) is 0.348. The highest BCUT2D eigenvalue weighted by Crippen LogP contribution is 2.62. The van der Waals surface area contributed by atoms with E-state index < -0.39 is 23.4 Å². The molecule has 0 radical (unpaired) electrons. The molecular formula is C23H20FN7O2. The van der Waals surface area contributed by atoms with Crippen LogP contribution in [0.4, 0.5) is 14.9 Å². The number of ether oxygens (including phenoxy) is 1. The predicted molar refractivity (Wildman–Crippen MR) is 114 cm³/mol. The minimum absolute atomic E-state index is 0.194. The Morgan fingerprint density at radius 2 is 2.12 bits per heavy atom. The topological polar surface area (TPSA) is 120 Å². The molecule has 3 atom stereocenters. The van der Waals surface area contributed by atoms with Gasteiger partial charge in [-0.15, -0.1) is 0 Å². The summed E-state index contributed by atoms with van der Waals surface area (Å²) < 4.78 is 20.8. The highest BCUT2D eigenvalue weighted by atomic mass is 19.1. The van der Waals surface area contributed by atoms with Crippen molar-refractivity contribution in [2.75, 3.05) is 24.5 Å². The van der Waals surface area contributed by atoms with Crippen LogP contribution in [0, 0.1) is 29.0 Å². The Balaban J connectivity index is 1.29. The van der Waals surface area contributed by atoms with Gasteiger partial charge >= 0.3 is 6.09 Å². The lowest BCUT2D eigenvalue weighted by molar-refractivity contribution is 0.141. The monoisotopic (exact) mass is 445 g/mol. The van der Waals surface area contributed by atoms with Crippen molar-refractivity contribution in [3.63, 3.8) is 0 Å². The van der Waals surface area contributed by atoms with E-state index in [9.17, 15) is 10.1 Å². The average molecular weight is 445 g/mol. The predicted octanol–water partition coefficient (Wildman–Crippen LogP) is 2.18. The van der Waals surface area contributed by atoms with Gasteiger partial charge in [0.2, 0.25) is 0 Å². The summed E-state index contributed by atoms with van der Waals surface area (Å²) in [7, 11) is 0. The molecule has 3 aromatic rings. The Bertz CT molecular complexity index is 1260. The van der Waals surface area contributed by atoms with Gasteiger partial charge < -0.3 is 10.1 Å². The summed E-state index contributed by atoms with van der Waals surface area (Å²) in [5.74, 6) is -0.0921. The maximum atomic E-state index is 15.4. The molecule has 33 heavy (non-hydrogen) atoms. The number of H-pyrrole nitrogens is 1. The molecule has 1 amide bonds. The second-order valence-electron chi connectivity index (χ2n) is 8.70. The van der Waals surface area contributed by atoms with Gasteiger partial charge in [-0.1, -0.05) is 6.07 Å². The third-order valence-corrected chi connectivity index (χ3v) is 6.99. The number of nitrogens with one attached hydrogen (secondary N) is 2. The van der Waals surface area contributed by atoms with E-state index in [1.165, 1.54) is 11.0 Å². The number of carbonyl (C=O) groups excluding carboxylic acids is 1. The Morgan fingerprint density at radius 3 is 2.85 bits per heavy atom. The average Bonchev–Trinajstić information content (AvgIpc) is 3.35. The number of nitrogens with zero attached hydrogens (tertiary/aromatic N) is 5. The van der Waals surface area contributed by atoms with Crippen LogP contribution in [-0.4, -0.2) is 52.2 Å². The maximum Gasteiger partial charge on any atom is 0.414 e. The lowest BCUT2D eigenvalue weighted by atomic mass is 9.90. The van der Waals surface area contributed by atoms with Crippen LogP contribution in [0.3, 0.4) is 0 Å². The lowest BCUT2D eigenvalue weighted by Crippen LogP contribution is -2.26. The van der Waals surface area contributed by atoms with Crippen molar-refractivity contribution < 1.29 is 13.9 Å². The van der Waals surface area contributed by atoms with Crippen molar-refractivity contribution in [2.24, 2.45) is 11.8 Å². The van der Waals surface area contributed by atoms with E-state index in [1.807, 2.05) is 0 Å². The normalized spacial score (nSPS) is 27.8. The molecule has 10 heteroatoms. The van der Waals surface area contributed by atoms with Crippen LogP contribution in [0.25, 0.3) is 11.1 Å². The third-order valence-electron chi connectivity index (χ3n) is 6.99. The number of hydrogen-bond donors (Lipinski definition) is 2. The molecule has 1 saturated carbocycles. The molecule has 3 fully saturated rings. The minimum atomic E-state index is -0.681. The van der Waals surface area contributed by atoms with Gasteiger partial charge in [0.05, 0.1) is 35.9 Å². The molecule has 2 unspecified atom stereocenters. The molecule has 2 aliphatic heterocycles. The molecule has 2 N–H and O–H groups in total. The van der Waals surface area contributed by atoms with E-state index in [0.29, 0.717) is 34.6 Å². The molecule has 0 spiro atoms. The summed E-state index contributed by atoms with van der Waals surface area (Å²) >= 11 is 0. The zero-order valence-corrected chi connectivity index (χ0v) is 17.5. The number of carbonyl (C=O) groups is 1. The molecule has 166 valence electrons. The number of benzene rings is 1. The minimum Gasteiger partial charge on any atom is -0.444 e. The van der Waals surface area contributed by atoms with Gasteiger partial charge in [0.15, 0.2) is 0 Å². The number of pyridine rings is 1. The highest BCUT2D eigenvalue weighted by Gasteiger charge is 2.69. The number of nitriles is 1. The van der Waals surface area contributed by atoms with Gasteiger partial charge in [0.1, 0.15) is 17.3 Å². The van der Waals surface area contributed by atoms with Crippen LogP contribution < -0.4 is 10.2 Å². The number of anilines is 1. The van der Waals surface area contributed by atoms with E-state index in [1.54, 1.807) is 36.7 Å². The van der Waals surface area contributed by atoms with Gasteiger partial charge in [-0.3, -0.25) is 9.88 Å². The van der Waals surface area contributed by atoms with E-state index >= 15 is 4.39 Å². The standard InChI is InChI=1S/C23H20FN7O2/c24-20-7-14(31-11-15(33-22(31)32)6-13-8-28-30-29-13)3-4-16(20)17-2-1-5-27-21(17)23(12-25)18-9-26-10-19(18)23/h1-5,7-8,15,18-19,26H,6,9-11H2,(H,28,29,30)/t15-,18?,19?,23?/m1/s1. The number of halogens is 1. The van der Waals surface area contributed by atoms with E-state index in [4.69, 9.17) is 4.74 Å². The van der Waals surface area contributed by atoms with Crippen LogP contribution in [0.5, 0.6) is 0 Å². The van der Waals surface area contributed by atoms with Crippen LogP contribution in [-0.2, 0) is 16.6 Å². The zero-order chi connectivity index (χ0) is 22.6. The molecule has 1 aromatic carbocycles. The molecular weight excluding hydrogens is 425 g/mol. The van der Waals surface area contributed by atoms with Crippen molar-refractivity contribution in [1.82, 2.24) is 25.7 Å². The van der Waals surface area contributed by atoms with Gasteiger partial charge in [-0.25, -0.2) is 9.18 Å². The molecule has 4 heterocycles. The zero-order valence-electron chi connectivity index (χ0n) is 17.5. The number of aromatic nitrogens is 4. The number of aromatic amines is 1. The van der Waals surface area contributed by atoms with E-state index in [2.05, 4.69) is 31.8 Å². The number of cyclic esters (lactones) is 1. The number of rotatable bonds is 5. The van der Waals surface area contributed by atoms with Crippen molar-refractivity contribution >= 4 is 11.8 Å². The summed E-state index contributed by atoms with van der Waals surface area (Å²) in [6.07, 6.45) is 2.73. The van der Waals surface area contributed by atoms with Crippen molar-refractivity contribution in [2.45, 2.75) is 17.9 Å². The van der Waals surface area contributed by atoms with Crippen molar-refractivity contribution in [3.8, 4) is 17.2 Å². The summed E-state index contributed by atoms with van der Waals surface area (Å²) in [6, 6.07) is 10.7. The van der Waals surface area contributed by atoms with Crippen LogP contribution in [0.1, 0.15) is 11.4 Å². The summed E-state index contributed by atoms with van der Waals surface area (Å²) in [4.78, 5) is 18.3. The first-order valence-electron chi connectivity index (χ1n) is 10.8. The second kappa shape index (κ2) is 7.35. The van der Waals surface area contributed by atoms with E-state index in [-0.39, 0.29) is 18.4 Å². The Labute approximate surface area is 188 Å². The fourth-order valence-corrected chi connectivity index (χ4v) is 5.35. The Kier molecular flexibility index (Phi) is 4.41. The quantitative estimate of drug-likeness (QED) is 0.618. The first-order valence-corrected chi connectivity index (χ1v) is 10.8. The highest BCUT2D eigenvalue weighted by molar-refractivity contribution is 5.90. The molecule has 2 saturated heterocycles. The van der Waals surface area contributed by atoms with Crippen LogP contribution in [0.2, 0.25) is 0 Å². The second-order valence-corrected chi connectivity index (χ2v) is 8.70. The largest absolute Gasteiger partial charge is 0.444 e. The molecule has 6 rings (SSSR count). The van der Waals surface area contributed by atoms with Crippen molar-refractivity contribution in [1.29, 1.82) is 5.26 Å². The van der Waals surface area contributed by atoms with E-state index in [0.717, 1.165) is 13.1 Å². The fourth-order valence-electron chi connectivity index (χ4n) is 5.35. The number of hydrogen-bond acceptors (Lipinski definition) is 7. The van der Waals surface area contributed by atoms with Gasteiger partial charge in [0, 0.05) is 48.7 Å². The molecule has 3 aliphatic rings. The molecule has 0 bridgehead atoms. The first kappa shape index (κ1) is 19.8. The Morgan fingerprint density at radius 1 is 1.27 bits per heavy atom. The first-order chi connectivity index (χ1) is 16.1. The maximum absolute atomic E-state index is 15.4. The number of amides is 1. The summed E-state index contributed by atoms with van der Waals surface area (Å²) in [6.45, 7) is 1.82. The van der Waals surface area contributed by atoms with Crippen molar-refractivity contribution in [3.05, 3.63) is 59.9 Å². The van der Waals surface area contributed by atoms with Gasteiger partial charge in [-0.2, -0.15) is 20.7 Å². The summed E-state index contributed by atoms with van der Waals surface area (Å²) in [5, 5.41) is 23.6.